The number of hydrogen-bond donors (Lipinski definition) is 3. The predicted molar refractivity (Wildman–Crippen MR) is 155 cm³/mol. The van der Waals surface area contributed by atoms with Crippen LogP contribution in [0.1, 0.15) is 25.5 Å². The smallest absolute Gasteiger partial charge is 0.407 e. The van der Waals surface area contributed by atoms with Crippen molar-refractivity contribution in [3.8, 4) is 16.9 Å². The van der Waals surface area contributed by atoms with Crippen molar-refractivity contribution in [3.63, 3.8) is 0 Å². The molecule has 228 valence electrons. The second kappa shape index (κ2) is 13.3. The van der Waals surface area contributed by atoms with E-state index in [4.69, 9.17) is 16.3 Å². The summed E-state index contributed by atoms with van der Waals surface area (Å²) < 4.78 is 86.1. The number of carbonyl (C=O) groups excluding carboxylic acids is 1. The third-order valence-electron chi connectivity index (χ3n) is 6.37. The topological polar surface area (TPSA) is 96.5 Å². The Morgan fingerprint density at radius 3 is 1.98 bits per heavy atom. The number of methoxy groups -OCH3 is 1. The molecule has 0 bridgehead atoms. The predicted octanol–water partition coefficient (Wildman–Crippen LogP) is 5.96. The van der Waals surface area contributed by atoms with Gasteiger partial charge in [-0.1, -0.05) is 48.0 Å². The monoisotopic (exact) mass is 629 g/mol. The number of anilines is 1. The third-order valence-corrected chi connectivity index (χ3v) is 7.80. The van der Waals surface area contributed by atoms with Gasteiger partial charge in [-0.2, -0.15) is 13.2 Å². The van der Waals surface area contributed by atoms with Crippen molar-refractivity contribution >= 4 is 33.0 Å². The molecule has 0 aromatic heterocycles. The quantitative estimate of drug-likeness (QED) is 0.169. The highest BCUT2D eigenvalue weighted by molar-refractivity contribution is 7.90. The van der Waals surface area contributed by atoms with Crippen LogP contribution in [0.25, 0.3) is 11.1 Å². The highest BCUT2D eigenvalue weighted by Gasteiger charge is 2.46. The number of benzene rings is 3. The van der Waals surface area contributed by atoms with Gasteiger partial charge in [-0.3, -0.25) is 10.1 Å². The van der Waals surface area contributed by atoms with Crippen LogP contribution in [0.5, 0.6) is 5.75 Å². The Kier molecular flexibility index (Phi) is 10.5. The molecule has 0 spiro atoms. The fraction of sp³-hybridized carbons (Fsp3) is 0.345. The average molecular weight is 630 g/mol. The van der Waals surface area contributed by atoms with Crippen LogP contribution >= 0.6 is 11.6 Å². The standard InChI is InChI=1S/C29H32ClF4N3O4S/c1-28(2,31)26(27(38)36-16-15-35-21-11-14-24(41-3)23(30)17-21)37-25(29(32,33)34)20-7-5-18(6-8-20)19-9-12-22(13-10-19)42(4,39)40/h5-14,17,25-26,35,37H,15-16H2,1-4H3,(H,36,38). The second-order valence-corrected chi connectivity index (χ2v) is 12.5. The summed E-state index contributed by atoms with van der Waals surface area (Å²) in [4.78, 5) is 13.0. The zero-order chi connectivity index (χ0) is 31.3. The van der Waals surface area contributed by atoms with Gasteiger partial charge >= 0.3 is 6.18 Å². The highest BCUT2D eigenvalue weighted by Crippen LogP contribution is 2.35. The van der Waals surface area contributed by atoms with Gasteiger partial charge in [-0.15, -0.1) is 0 Å². The molecule has 2 atom stereocenters. The summed E-state index contributed by atoms with van der Waals surface area (Å²) in [6, 6.07) is 12.1. The lowest BCUT2D eigenvalue weighted by molar-refractivity contribution is -0.163. The molecule has 7 nitrogen and oxygen atoms in total. The Labute approximate surface area is 247 Å². The van der Waals surface area contributed by atoms with Gasteiger partial charge in [0.1, 0.15) is 23.5 Å². The van der Waals surface area contributed by atoms with Crippen molar-refractivity contribution in [2.75, 3.05) is 31.8 Å². The number of sulfone groups is 1. The number of amides is 1. The number of nitrogens with one attached hydrogen (secondary N) is 3. The molecule has 0 aliphatic rings. The van der Waals surface area contributed by atoms with Gasteiger partial charge in [-0.05, 0) is 60.9 Å². The number of ether oxygens (including phenoxy) is 1. The van der Waals surface area contributed by atoms with Gasteiger partial charge < -0.3 is 15.4 Å². The van der Waals surface area contributed by atoms with E-state index in [0.29, 0.717) is 27.6 Å². The fourth-order valence-corrected chi connectivity index (χ4v) is 5.05. The number of alkyl halides is 4. The number of rotatable bonds is 12. The van der Waals surface area contributed by atoms with Crippen LogP contribution in [-0.2, 0) is 14.6 Å². The van der Waals surface area contributed by atoms with E-state index >= 15 is 4.39 Å². The van der Waals surface area contributed by atoms with Crippen molar-refractivity contribution in [1.82, 2.24) is 10.6 Å². The molecule has 3 rings (SSSR count). The number of carbonyl (C=O) groups is 1. The molecule has 0 heterocycles. The lowest BCUT2D eigenvalue weighted by Gasteiger charge is -2.32. The van der Waals surface area contributed by atoms with E-state index in [1.807, 2.05) is 0 Å². The lowest BCUT2D eigenvalue weighted by atomic mass is 9.95. The minimum absolute atomic E-state index is 0.000243. The molecule has 2 unspecified atom stereocenters. The highest BCUT2D eigenvalue weighted by atomic mass is 35.5. The number of halogens is 5. The Morgan fingerprint density at radius 1 is 0.929 bits per heavy atom. The minimum atomic E-state index is -4.85. The average Bonchev–Trinajstić information content (AvgIpc) is 2.90. The van der Waals surface area contributed by atoms with Crippen LogP contribution < -0.4 is 20.7 Å². The zero-order valence-corrected chi connectivity index (χ0v) is 24.9. The molecule has 3 aromatic carbocycles. The van der Waals surface area contributed by atoms with Crippen LogP contribution in [0, 0.1) is 0 Å². The van der Waals surface area contributed by atoms with Gasteiger partial charge in [0.25, 0.3) is 0 Å². The maximum Gasteiger partial charge on any atom is 0.407 e. The maximum absolute atomic E-state index is 15.1. The van der Waals surface area contributed by atoms with E-state index in [2.05, 4.69) is 16.0 Å². The molecule has 0 aliphatic heterocycles. The Morgan fingerprint density at radius 2 is 1.50 bits per heavy atom. The molecule has 0 fully saturated rings. The third kappa shape index (κ3) is 8.83. The lowest BCUT2D eigenvalue weighted by Crippen LogP contribution is -2.57. The summed E-state index contributed by atoms with van der Waals surface area (Å²) in [6.45, 7) is 2.25. The van der Waals surface area contributed by atoms with Gasteiger partial charge in [-0.25, -0.2) is 12.8 Å². The van der Waals surface area contributed by atoms with E-state index in [1.165, 1.54) is 43.5 Å². The van der Waals surface area contributed by atoms with Crippen LogP contribution in [-0.4, -0.2) is 58.7 Å². The first-order valence-corrected chi connectivity index (χ1v) is 15.0. The second-order valence-electron chi connectivity index (χ2n) is 10.1. The van der Waals surface area contributed by atoms with Crippen LogP contribution in [0.2, 0.25) is 5.02 Å². The first-order chi connectivity index (χ1) is 19.5. The van der Waals surface area contributed by atoms with E-state index in [0.717, 1.165) is 20.1 Å². The summed E-state index contributed by atoms with van der Waals surface area (Å²) in [5.74, 6) is -0.458. The summed E-state index contributed by atoms with van der Waals surface area (Å²) in [5.41, 5.74) is -0.795. The van der Waals surface area contributed by atoms with Crippen LogP contribution in [0.4, 0.5) is 23.2 Å². The van der Waals surface area contributed by atoms with Crippen molar-refractivity contribution in [2.24, 2.45) is 0 Å². The first kappa shape index (κ1) is 33.2. The van der Waals surface area contributed by atoms with Gasteiger partial charge in [0, 0.05) is 25.0 Å². The Hall–Kier alpha value is -3.35. The molecule has 3 N–H and O–H groups in total. The summed E-state index contributed by atoms with van der Waals surface area (Å²) in [5, 5.41) is 8.04. The molecular weight excluding hydrogens is 598 g/mol. The van der Waals surface area contributed by atoms with E-state index < -0.39 is 39.7 Å². The van der Waals surface area contributed by atoms with Crippen molar-refractivity contribution in [2.45, 2.75) is 42.7 Å². The van der Waals surface area contributed by atoms with Crippen molar-refractivity contribution in [1.29, 1.82) is 0 Å². The normalized spacial score (nSPS) is 13.7. The largest absolute Gasteiger partial charge is 0.495 e. The fourth-order valence-electron chi connectivity index (χ4n) is 4.17. The summed E-state index contributed by atoms with van der Waals surface area (Å²) in [6.07, 6.45) is -3.78. The molecule has 13 heteroatoms. The van der Waals surface area contributed by atoms with Crippen molar-refractivity contribution < 1.29 is 35.5 Å². The maximum atomic E-state index is 15.1. The SMILES string of the molecule is COc1ccc(NCCNC(=O)C(NC(c2ccc(-c3ccc(S(C)(=O)=O)cc3)cc2)C(F)(F)F)C(C)(C)F)cc1Cl. The minimum Gasteiger partial charge on any atom is -0.495 e. The Balaban J connectivity index is 1.72. The molecule has 0 radical (unpaired) electrons. The molecule has 0 saturated heterocycles. The van der Waals surface area contributed by atoms with E-state index in [1.54, 1.807) is 30.3 Å². The summed E-state index contributed by atoms with van der Waals surface area (Å²) in [7, 11) is -1.93. The van der Waals surface area contributed by atoms with Gasteiger partial charge in [0.15, 0.2) is 9.84 Å². The molecule has 0 saturated carbocycles. The molecule has 3 aromatic rings. The molecule has 0 aliphatic carbocycles. The molecular formula is C29H32ClF4N3O4S. The van der Waals surface area contributed by atoms with Gasteiger partial charge in [0.05, 0.1) is 17.0 Å². The molecule has 42 heavy (non-hydrogen) atoms. The van der Waals surface area contributed by atoms with Gasteiger partial charge in [0.2, 0.25) is 5.91 Å². The zero-order valence-electron chi connectivity index (χ0n) is 23.4. The Bertz CT molecular complexity index is 1480. The van der Waals surface area contributed by atoms with E-state index in [9.17, 15) is 26.4 Å². The van der Waals surface area contributed by atoms with Crippen molar-refractivity contribution in [3.05, 3.63) is 77.3 Å². The summed E-state index contributed by atoms with van der Waals surface area (Å²) >= 11 is 6.08. The number of hydrogen-bond acceptors (Lipinski definition) is 6. The van der Waals surface area contributed by atoms with E-state index in [-0.39, 0.29) is 23.5 Å². The first-order valence-electron chi connectivity index (χ1n) is 12.8. The molecule has 1 amide bonds. The van der Waals surface area contributed by atoms with Crippen LogP contribution in [0.15, 0.2) is 71.6 Å². The van der Waals surface area contributed by atoms with Crippen LogP contribution in [0.3, 0.4) is 0 Å².